The van der Waals surface area contributed by atoms with E-state index < -0.39 is 6.08 Å². The third kappa shape index (κ3) is 20.9. The number of terminal acetylenes is 1. The monoisotopic (exact) mass is 90.0 g/mol. The average Bonchev–Trinajstić information content (AvgIpc) is 1.41. The van der Waals surface area contributed by atoms with Crippen LogP contribution in [-0.2, 0) is 0 Å². The normalized spacial score (nSPS) is 4.67. The summed E-state index contributed by atoms with van der Waals surface area (Å²) in [6.07, 6.45) is 6.17. The zero-order valence-electron chi connectivity index (χ0n) is 3.12. The first-order chi connectivity index (χ1) is 2.73. The minimum atomic E-state index is -1.83. The lowest BCUT2D eigenvalue weighted by molar-refractivity contribution is 0.426. The van der Waals surface area contributed by atoms with Crippen molar-refractivity contribution in [1.29, 1.82) is 0 Å². The Morgan fingerprint density at radius 3 is 1.33 bits per heavy atom. The highest BCUT2D eigenvalue weighted by molar-refractivity contribution is 4.57. The minimum absolute atomic E-state index is 1.83. The molecule has 0 saturated carbocycles. The molecule has 0 aromatic heterocycles. The fraction of sp³-hybridized carbons (Fsp3) is 0. The van der Waals surface area contributed by atoms with E-state index in [1.165, 1.54) is 0 Å². The number of hydrogen-bond acceptors (Lipinski definition) is 0. The molecule has 0 spiro atoms. The molecule has 0 saturated heterocycles. The van der Waals surface area contributed by atoms with Gasteiger partial charge in [-0.25, -0.2) is 0 Å². The highest BCUT2D eigenvalue weighted by Crippen LogP contribution is 1.85. The maximum atomic E-state index is 10.1. The van der Waals surface area contributed by atoms with E-state index in [0.717, 1.165) is 0 Å². The molecular weight excluding hydrogens is 86.0 g/mol. The van der Waals surface area contributed by atoms with Crippen LogP contribution in [0.3, 0.4) is 0 Å². The predicted molar refractivity (Wildman–Crippen MR) is 21.2 cm³/mol. The minimum Gasteiger partial charge on any atom is -0.174 e. The molecular formula is C4H4F2. The molecule has 0 aromatic rings. The molecule has 34 valence electrons. The van der Waals surface area contributed by atoms with Gasteiger partial charge in [-0.3, -0.25) is 0 Å². The van der Waals surface area contributed by atoms with Crippen LogP contribution >= 0.6 is 0 Å². The zero-order chi connectivity index (χ0) is 5.58. The Kier molecular flexibility index (Phi) is 13.3. The van der Waals surface area contributed by atoms with E-state index in [1.807, 2.05) is 0 Å². The van der Waals surface area contributed by atoms with Gasteiger partial charge in [0.15, 0.2) is 0 Å². The summed E-state index contributed by atoms with van der Waals surface area (Å²) in [6.45, 7) is 2.22. The molecule has 0 aliphatic carbocycles. The molecule has 0 aliphatic heterocycles. The maximum absolute atomic E-state index is 10.1. The van der Waals surface area contributed by atoms with Gasteiger partial charge in [0, 0.05) is 0 Å². The molecule has 0 nitrogen and oxygen atoms in total. The molecule has 6 heavy (non-hydrogen) atoms. The Balaban J connectivity index is 0. The fourth-order valence-corrected chi connectivity index (χ4v) is 0. The van der Waals surface area contributed by atoms with Crippen molar-refractivity contribution in [3.63, 3.8) is 0 Å². The van der Waals surface area contributed by atoms with Gasteiger partial charge in [-0.2, -0.15) is 8.78 Å². The molecule has 0 amide bonds. The van der Waals surface area contributed by atoms with Crippen molar-refractivity contribution in [2.24, 2.45) is 0 Å². The summed E-state index contributed by atoms with van der Waals surface area (Å²) >= 11 is 0. The van der Waals surface area contributed by atoms with Crippen molar-refractivity contribution in [2.75, 3.05) is 0 Å². The van der Waals surface area contributed by atoms with E-state index in [4.69, 9.17) is 0 Å². The molecule has 0 rings (SSSR count). The molecule has 0 radical (unpaired) electrons. The number of halogens is 2. The molecule has 0 fully saturated rings. The average molecular weight is 90.1 g/mol. The van der Waals surface area contributed by atoms with Crippen molar-refractivity contribution in [2.45, 2.75) is 0 Å². The fourth-order valence-electron chi connectivity index (χ4n) is 0. The zero-order valence-corrected chi connectivity index (χ0v) is 3.12. The molecule has 0 N–H and O–H groups in total. The van der Waals surface area contributed by atoms with E-state index in [0.29, 0.717) is 0 Å². The van der Waals surface area contributed by atoms with Gasteiger partial charge in [0.2, 0.25) is 0 Å². The lowest BCUT2D eigenvalue weighted by Crippen LogP contribution is -1.33. The van der Waals surface area contributed by atoms with E-state index in [-0.39, 0.29) is 0 Å². The van der Waals surface area contributed by atoms with Crippen LogP contribution in [0.25, 0.3) is 0 Å². The van der Waals surface area contributed by atoms with Crippen LogP contribution in [0.4, 0.5) is 8.78 Å². The first-order valence-electron chi connectivity index (χ1n) is 1.06. The summed E-state index contributed by atoms with van der Waals surface area (Å²) in [5, 5.41) is 0. The van der Waals surface area contributed by atoms with Crippen LogP contribution in [-0.4, -0.2) is 0 Å². The molecule has 0 aromatic carbocycles. The highest BCUT2D eigenvalue weighted by Gasteiger charge is 1.65. The van der Waals surface area contributed by atoms with Crippen molar-refractivity contribution < 1.29 is 8.78 Å². The lowest BCUT2D eigenvalue weighted by atomic mass is 11.2. The van der Waals surface area contributed by atoms with Crippen molar-refractivity contribution >= 4 is 0 Å². The Morgan fingerprint density at radius 2 is 1.33 bits per heavy atom. The molecule has 0 atom stereocenters. The summed E-state index contributed by atoms with van der Waals surface area (Å²) < 4.78 is 20.3. The van der Waals surface area contributed by atoms with E-state index >= 15 is 0 Å². The van der Waals surface area contributed by atoms with Crippen molar-refractivity contribution in [3.8, 4) is 12.8 Å². The third-order valence-electron chi connectivity index (χ3n) is 0. The summed E-state index contributed by atoms with van der Waals surface area (Å²) in [5.74, 6) is 0. The molecule has 0 bridgehead atoms. The highest BCUT2D eigenvalue weighted by atomic mass is 19.3. The Morgan fingerprint density at radius 1 is 1.33 bits per heavy atom. The van der Waals surface area contributed by atoms with E-state index in [1.54, 1.807) is 0 Å². The lowest BCUT2D eigenvalue weighted by Gasteiger charge is -1.54. The number of rotatable bonds is 0. The standard InChI is InChI=1S/C2H2F2.C2H2/c1-2(3)4;1-2/h1H2;1-2H. The summed E-state index contributed by atoms with van der Waals surface area (Å²) in [6, 6.07) is 0. The van der Waals surface area contributed by atoms with Gasteiger partial charge in [-0.05, 0) is 6.58 Å². The largest absolute Gasteiger partial charge is 0.263 e. The van der Waals surface area contributed by atoms with Gasteiger partial charge in [0.05, 0.1) is 0 Å². The van der Waals surface area contributed by atoms with Gasteiger partial charge in [-0.1, -0.05) is 0 Å². The van der Waals surface area contributed by atoms with Gasteiger partial charge >= 0.3 is 0 Å². The second kappa shape index (κ2) is 8.90. The van der Waals surface area contributed by atoms with E-state index in [9.17, 15) is 8.78 Å². The third-order valence-corrected chi connectivity index (χ3v) is 0. The second-order valence-electron chi connectivity index (χ2n) is 0.339. The molecule has 2 heteroatoms. The van der Waals surface area contributed by atoms with Crippen molar-refractivity contribution in [1.82, 2.24) is 0 Å². The summed E-state index contributed by atoms with van der Waals surface area (Å²) in [5.41, 5.74) is 0. The maximum Gasteiger partial charge on any atom is 0.263 e. The van der Waals surface area contributed by atoms with Gasteiger partial charge in [0.1, 0.15) is 0 Å². The molecule has 0 unspecified atom stereocenters. The van der Waals surface area contributed by atoms with Crippen LogP contribution in [0.1, 0.15) is 0 Å². The SMILES string of the molecule is C#C.C=C(F)F. The van der Waals surface area contributed by atoms with Crippen LogP contribution in [0.2, 0.25) is 0 Å². The Labute approximate surface area is 35.5 Å². The first-order valence-corrected chi connectivity index (χ1v) is 1.06. The molecule has 0 heterocycles. The summed E-state index contributed by atoms with van der Waals surface area (Å²) in [7, 11) is 0. The quantitative estimate of drug-likeness (QED) is 0.397. The van der Waals surface area contributed by atoms with Gasteiger partial charge < -0.3 is 0 Å². The summed E-state index contributed by atoms with van der Waals surface area (Å²) in [4.78, 5) is 0. The first kappa shape index (κ1) is 8.94. The van der Waals surface area contributed by atoms with Crippen LogP contribution in [0, 0.1) is 12.8 Å². The van der Waals surface area contributed by atoms with Gasteiger partial charge in [0.25, 0.3) is 6.08 Å². The smallest absolute Gasteiger partial charge is 0.174 e. The van der Waals surface area contributed by atoms with Gasteiger partial charge in [-0.15, -0.1) is 12.8 Å². The van der Waals surface area contributed by atoms with E-state index in [2.05, 4.69) is 19.4 Å². The molecule has 0 aliphatic rings. The van der Waals surface area contributed by atoms with Crippen LogP contribution in [0.15, 0.2) is 12.7 Å². The Bertz CT molecular complexity index is 49.8. The second-order valence-corrected chi connectivity index (χ2v) is 0.339. The topological polar surface area (TPSA) is 0 Å². The predicted octanol–water partition coefficient (Wildman–Crippen LogP) is 1.65. The Hall–Kier alpha value is -0.840. The van der Waals surface area contributed by atoms with Crippen LogP contribution in [0.5, 0.6) is 0 Å². The van der Waals surface area contributed by atoms with Crippen LogP contribution < -0.4 is 0 Å². The number of hydrogen-bond donors (Lipinski definition) is 0. The van der Waals surface area contributed by atoms with Crippen molar-refractivity contribution in [3.05, 3.63) is 12.7 Å².